The molecular formula is C18H28N4O3. The van der Waals surface area contributed by atoms with Crippen LogP contribution in [0.15, 0.2) is 4.79 Å². The predicted octanol–water partition coefficient (Wildman–Crippen LogP) is 1.84. The molecule has 1 unspecified atom stereocenters. The number of carbonyl (C=O) groups is 1. The van der Waals surface area contributed by atoms with Crippen LogP contribution in [-0.2, 0) is 17.7 Å². The number of fused-ring (bicyclic) bond motifs is 1. The van der Waals surface area contributed by atoms with Gasteiger partial charge in [-0.05, 0) is 40.5 Å². The number of aromatic amines is 1. The number of H-pyrrole nitrogens is 1. The molecule has 0 radical (unpaired) electrons. The second kappa shape index (κ2) is 6.78. The second-order valence-electron chi connectivity index (χ2n) is 8.03. The van der Waals surface area contributed by atoms with Crippen LogP contribution in [0.4, 0.5) is 4.79 Å². The molecule has 0 saturated carbocycles. The summed E-state index contributed by atoms with van der Waals surface area (Å²) in [5, 5.41) is 0. The van der Waals surface area contributed by atoms with Crippen LogP contribution < -0.4 is 5.56 Å². The smallest absolute Gasteiger partial charge is 0.410 e. The first kappa shape index (κ1) is 17.9. The van der Waals surface area contributed by atoms with Gasteiger partial charge in [0.25, 0.3) is 5.56 Å². The number of ether oxygens (including phenoxy) is 1. The maximum Gasteiger partial charge on any atom is 0.410 e. The summed E-state index contributed by atoms with van der Waals surface area (Å²) in [6.07, 6.45) is 2.52. The Balaban J connectivity index is 1.66. The van der Waals surface area contributed by atoms with Crippen molar-refractivity contribution in [2.75, 3.05) is 19.6 Å². The van der Waals surface area contributed by atoms with E-state index in [4.69, 9.17) is 4.74 Å². The second-order valence-corrected chi connectivity index (χ2v) is 8.03. The Morgan fingerprint density at radius 1 is 1.36 bits per heavy atom. The van der Waals surface area contributed by atoms with E-state index in [1.165, 1.54) is 0 Å². The number of rotatable bonds is 2. The van der Waals surface area contributed by atoms with Gasteiger partial charge in [0.15, 0.2) is 0 Å². The highest BCUT2D eigenvalue weighted by Crippen LogP contribution is 2.23. The summed E-state index contributed by atoms with van der Waals surface area (Å²) in [6.45, 7) is 10.4. The van der Waals surface area contributed by atoms with E-state index in [2.05, 4.69) is 14.9 Å². The van der Waals surface area contributed by atoms with Crippen molar-refractivity contribution in [2.45, 2.75) is 65.1 Å². The van der Waals surface area contributed by atoms with Crippen molar-refractivity contribution in [1.82, 2.24) is 19.8 Å². The molecular weight excluding hydrogens is 320 g/mol. The third-order valence-electron chi connectivity index (χ3n) is 4.74. The summed E-state index contributed by atoms with van der Waals surface area (Å²) >= 11 is 0. The Bertz CT molecular complexity index is 707. The van der Waals surface area contributed by atoms with Gasteiger partial charge in [-0.1, -0.05) is 0 Å². The lowest BCUT2D eigenvalue weighted by Gasteiger charge is -2.34. The normalized spacial score (nSPS) is 21.3. The molecule has 7 nitrogen and oxygen atoms in total. The molecule has 0 spiro atoms. The zero-order chi connectivity index (χ0) is 18.2. The Kier molecular flexibility index (Phi) is 4.86. The Hall–Kier alpha value is -1.89. The van der Waals surface area contributed by atoms with Gasteiger partial charge in [0, 0.05) is 38.6 Å². The van der Waals surface area contributed by atoms with Crippen molar-refractivity contribution < 1.29 is 9.53 Å². The van der Waals surface area contributed by atoms with Gasteiger partial charge in [-0.15, -0.1) is 0 Å². The standard InChI is InChI=1S/C18H28N4O3/c1-12-19-15-7-9-21(11-14(15)16(23)20-12)10-13-6-5-8-22(13)17(24)25-18(2,3)4/h13H,5-11H2,1-4H3,(H,19,20,23). The highest BCUT2D eigenvalue weighted by molar-refractivity contribution is 5.69. The lowest BCUT2D eigenvalue weighted by Crippen LogP contribution is -2.47. The maximum absolute atomic E-state index is 12.4. The number of likely N-dealkylation sites (tertiary alicyclic amines) is 1. The van der Waals surface area contributed by atoms with Crippen molar-refractivity contribution in [1.29, 1.82) is 0 Å². The van der Waals surface area contributed by atoms with E-state index >= 15 is 0 Å². The fraction of sp³-hybridized carbons (Fsp3) is 0.722. The molecule has 1 N–H and O–H groups in total. The average molecular weight is 348 g/mol. The van der Waals surface area contributed by atoms with Crippen LogP contribution in [0, 0.1) is 6.92 Å². The van der Waals surface area contributed by atoms with Crippen LogP contribution in [0.3, 0.4) is 0 Å². The topological polar surface area (TPSA) is 78.5 Å². The zero-order valence-electron chi connectivity index (χ0n) is 15.6. The lowest BCUT2D eigenvalue weighted by molar-refractivity contribution is 0.0192. The van der Waals surface area contributed by atoms with Crippen LogP contribution >= 0.6 is 0 Å². The van der Waals surface area contributed by atoms with Crippen LogP contribution in [0.5, 0.6) is 0 Å². The summed E-state index contributed by atoms with van der Waals surface area (Å²) < 4.78 is 5.53. The molecule has 2 aliphatic heterocycles. The fourth-order valence-corrected chi connectivity index (χ4v) is 3.65. The Morgan fingerprint density at radius 2 is 2.12 bits per heavy atom. The number of aromatic nitrogens is 2. The number of nitrogens with zero attached hydrogens (tertiary/aromatic N) is 3. The molecule has 7 heteroatoms. The van der Waals surface area contributed by atoms with Gasteiger partial charge >= 0.3 is 6.09 Å². The molecule has 138 valence electrons. The van der Waals surface area contributed by atoms with E-state index in [0.29, 0.717) is 12.4 Å². The molecule has 3 heterocycles. The number of hydrogen-bond acceptors (Lipinski definition) is 5. The first-order valence-electron chi connectivity index (χ1n) is 9.03. The third-order valence-corrected chi connectivity index (χ3v) is 4.74. The van der Waals surface area contributed by atoms with Gasteiger partial charge in [0.1, 0.15) is 11.4 Å². The minimum Gasteiger partial charge on any atom is -0.444 e. The molecule has 0 aromatic carbocycles. The van der Waals surface area contributed by atoms with Gasteiger partial charge in [0.05, 0.1) is 11.3 Å². The van der Waals surface area contributed by atoms with E-state index < -0.39 is 5.60 Å². The molecule has 1 saturated heterocycles. The molecule has 1 fully saturated rings. The first-order chi connectivity index (χ1) is 11.7. The van der Waals surface area contributed by atoms with E-state index in [9.17, 15) is 9.59 Å². The highest BCUT2D eigenvalue weighted by atomic mass is 16.6. The largest absolute Gasteiger partial charge is 0.444 e. The van der Waals surface area contributed by atoms with Crippen molar-refractivity contribution in [2.24, 2.45) is 0 Å². The van der Waals surface area contributed by atoms with E-state index in [1.807, 2.05) is 32.6 Å². The van der Waals surface area contributed by atoms with E-state index in [-0.39, 0.29) is 17.7 Å². The fourth-order valence-electron chi connectivity index (χ4n) is 3.65. The quantitative estimate of drug-likeness (QED) is 0.882. The van der Waals surface area contributed by atoms with Crippen LogP contribution in [-0.4, -0.2) is 57.1 Å². The predicted molar refractivity (Wildman–Crippen MR) is 94.5 cm³/mol. The van der Waals surface area contributed by atoms with Gasteiger partial charge in [-0.3, -0.25) is 9.69 Å². The summed E-state index contributed by atoms with van der Waals surface area (Å²) in [5.74, 6) is 0.670. The number of amides is 1. The molecule has 25 heavy (non-hydrogen) atoms. The van der Waals surface area contributed by atoms with Gasteiger partial charge in [0.2, 0.25) is 0 Å². The molecule has 3 rings (SSSR count). The number of nitrogens with one attached hydrogen (secondary N) is 1. The third kappa shape index (κ3) is 4.21. The van der Waals surface area contributed by atoms with E-state index in [0.717, 1.165) is 50.2 Å². The Morgan fingerprint density at radius 3 is 2.84 bits per heavy atom. The summed E-state index contributed by atoms with van der Waals surface area (Å²) in [6, 6.07) is 0.147. The van der Waals surface area contributed by atoms with Gasteiger partial charge in [-0.25, -0.2) is 9.78 Å². The SMILES string of the molecule is Cc1nc2c(c(=O)[nH]1)CN(CC1CCCN1C(=O)OC(C)(C)C)CC2. The minimum atomic E-state index is -0.481. The molecule has 1 atom stereocenters. The van der Waals surface area contributed by atoms with Crippen LogP contribution in [0.25, 0.3) is 0 Å². The van der Waals surface area contributed by atoms with Crippen LogP contribution in [0.1, 0.15) is 50.7 Å². The van der Waals surface area contributed by atoms with E-state index in [1.54, 1.807) is 0 Å². The number of hydrogen-bond donors (Lipinski definition) is 1. The first-order valence-corrected chi connectivity index (χ1v) is 9.03. The summed E-state index contributed by atoms with van der Waals surface area (Å²) in [5.41, 5.74) is 1.15. The highest BCUT2D eigenvalue weighted by Gasteiger charge is 2.34. The molecule has 0 bridgehead atoms. The van der Waals surface area contributed by atoms with Crippen molar-refractivity contribution in [3.63, 3.8) is 0 Å². The molecule has 1 aromatic heterocycles. The van der Waals surface area contributed by atoms with Crippen molar-refractivity contribution >= 4 is 6.09 Å². The monoisotopic (exact) mass is 348 g/mol. The zero-order valence-corrected chi connectivity index (χ0v) is 15.6. The van der Waals surface area contributed by atoms with Gasteiger partial charge in [-0.2, -0.15) is 0 Å². The minimum absolute atomic E-state index is 0.0392. The summed E-state index contributed by atoms with van der Waals surface area (Å²) in [4.78, 5) is 36.0. The van der Waals surface area contributed by atoms with Crippen LogP contribution in [0.2, 0.25) is 0 Å². The molecule has 1 amide bonds. The van der Waals surface area contributed by atoms with Gasteiger partial charge < -0.3 is 14.6 Å². The summed E-state index contributed by atoms with van der Waals surface area (Å²) in [7, 11) is 0. The lowest BCUT2D eigenvalue weighted by atomic mass is 10.1. The Labute approximate surface area is 148 Å². The molecule has 1 aromatic rings. The van der Waals surface area contributed by atoms with Crippen molar-refractivity contribution in [3.8, 4) is 0 Å². The molecule has 2 aliphatic rings. The van der Waals surface area contributed by atoms with Crippen molar-refractivity contribution in [3.05, 3.63) is 27.4 Å². The number of carbonyl (C=O) groups excluding carboxylic acids is 1. The molecule has 0 aliphatic carbocycles. The number of aryl methyl sites for hydroxylation is 1. The average Bonchev–Trinajstić information content (AvgIpc) is 2.94. The maximum atomic E-state index is 12.4.